The van der Waals surface area contributed by atoms with Crippen LogP contribution in [0, 0.1) is 19.8 Å². The van der Waals surface area contributed by atoms with Gasteiger partial charge >= 0.3 is 0 Å². The molecule has 1 fully saturated rings. The zero-order valence-electron chi connectivity index (χ0n) is 11.1. The highest BCUT2D eigenvalue weighted by atomic mass is 16.3. The van der Waals surface area contributed by atoms with Gasteiger partial charge in [0.1, 0.15) is 0 Å². The second-order valence-electron chi connectivity index (χ2n) is 5.68. The maximum Gasteiger partial charge on any atom is 0.0546 e. The van der Waals surface area contributed by atoms with Crippen molar-refractivity contribution in [2.75, 3.05) is 13.6 Å². The van der Waals surface area contributed by atoms with Gasteiger partial charge in [-0.3, -0.25) is 0 Å². The molecule has 0 aliphatic heterocycles. The van der Waals surface area contributed by atoms with Crippen LogP contribution in [0.25, 0.3) is 0 Å². The predicted octanol–water partition coefficient (Wildman–Crippen LogP) is 2.51. The van der Waals surface area contributed by atoms with Gasteiger partial charge in [0.05, 0.1) is 6.10 Å². The van der Waals surface area contributed by atoms with Crippen molar-refractivity contribution in [3.05, 3.63) is 34.9 Å². The molecule has 0 bridgehead atoms. The van der Waals surface area contributed by atoms with Gasteiger partial charge in [0.2, 0.25) is 0 Å². The fourth-order valence-electron chi connectivity index (χ4n) is 2.83. The van der Waals surface area contributed by atoms with Crippen LogP contribution in [-0.2, 0) is 6.54 Å². The van der Waals surface area contributed by atoms with Crippen LogP contribution in [0.2, 0.25) is 0 Å². The van der Waals surface area contributed by atoms with E-state index < -0.39 is 0 Å². The van der Waals surface area contributed by atoms with E-state index in [2.05, 4.69) is 44.0 Å². The van der Waals surface area contributed by atoms with Gasteiger partial charge < -0.3 is 10.0 Å². The minimum Gasteiger partial charge on any atom is -0.393 e. The second-order valence-corrected chi connectivity index (χ2v) is 5.68. The molecule has 2 rings (SSSR count). The molecule has 2 nitrogen and oxygen atoms in total. The van der Waals surface area contributed by atoms with Gasteiger partial charge in [-0.05, 0) is 45.2 Å². The SMILES string of the molecule is Cc1cc(C)cc(CN(C)CC2CC(O)C2)c1. The molecule has 1 aromatic carbocycles. The molecule has 1 aliphatic carbocycles. The molecule has 0 radical (unpaired) electrons. The number of hydrogen-bond acceptors (Lipinski definition) is 2. The highest BCUT2D eigenvalue weighted by molar-refractivity contribution is 5.28. The Morgan fingerprint density at radius 2 is 1.76 bits per heavy atom. The van der Waals surface area contributed by atoms with Crippen LogP contribution in [-0.4, -0.2) is 29.7 Å². The average molecular weight is 233 g/mol. The first-order valence-corrected chi connectivity index (χ1v) is 6.46. The number of benzene rings is 1. The first kappa shape index (κ1) is 12.6. The smallest absolute Gasteiger partial charge is 0.0546 e. The van der Waals surface area contributed by atoms with Gasteiger partial charge in [0.15, 0.2) is 0 Å². The van der Waals surface area contributed by atoms with Crippen LogP contribution < -0.4 is 0 Å². The zero-order chi connectivity index (χ0) is 12.4. The summed E-state index contributed by atoms with van der Waals surface area (Å²) < 4.78 is 0. The first-order chi connectivity index (χ1) is 8.02. The van der Waals surface area contributed by atoms with E-state index in [1.54, 1.807) is 0 Å². The van der Waals surface area contributed by atoms with Gasteiger partial charge in [0.25, 0.3) is 0 Å². The van der Waals surface area contributed by atoms with Crippen molar-refractivity contribution < 1.29 is 5.11 Å². The van der Waals surface area contributed by atoms with Crippen molar-refractivity contribution >= 4 is 0 Å². The predicted molar refractivity (Wildman–Crippen MR) is 71.0 cm³/mol. The monoisotopic (exact) mass is 233 g/mol. The van der Waals surface area contributed by atoms with E-state index in [0.717, 1.165) is 25.9 Å². The summed E-state index contributed by atoms with van der Waals surface area (Å²) in [5.41, 5.74) is 4.07. The molecule has 0 unspecified atom stereocenters. The molecular formula is C15H23NO. The molecule has 0 heterocycles. The summed E-state index contributed by atoms with van der Waals surface area (Å²) in [6.07, 6.45) is 1.93. The van der Waals surface area contributed by atoms with Crippen molar-refractivity contribution in [2.45, 2.75) is 39.3 Å². The summed E-state index contributed by atoms with van der Waals surface area (Å²) in [7, 11) is 2.17. The highest BCUT2D eigenvalue weighted by Crippen LogP contribution is 2.27. The Bertz CT molecular complexity index is 362. The van der Waals surface area contributed by atoms with Crippen molar-refractivity contribution in [1.82, 2.24) is 4.90 Å². The third-order valence-corrected chi connectivity index (χ3v) is 3.51. The van der Waals surface area contributed by atoms with Crippen LogP contribution in [0.5, 0.6) is 0 Å². The van der Waals surface area contributed by atoms with Crippen LogP contribution in [0.4, 0.5) is 0 Å². The fraction of sp³-hybridized carbons (Fsp3) is 0.600. The third kappa shape index (κ3) is 3.55. The molecule has 2 heteroatoms. The lowest BCUT2D eigenvalue weighted by molar-refractivity contribution is 0.0274. The van der Waals surface area contributed by atoms with Crippen LogP contribution >= 0.6 is 0 Å². The van der Waals surface area contributed by atoms with Gasteiger partial charge in [-0.1, -0.05) is 29.3 Å². The summed E-state index contributed by atoms with van der Waals surface area (Å²) in [6, 6.07) is 6.74. The van der Waals surface area contributed by atoms with E-state index in [-0.39, 0.29) is 6.10 Å². The Morgan fingerprint density at radius 1 is 1.18 bits per heavy atom. The topological polar surface area (TPSA) is 23.5 Å². The molecule has 0 amide bonds. The second kappa shape index (κ2) is 5.19. The van der Waals surface area contributed by atoms with Crippen LogP contribution in [0.3, 0.4) is 0 Å². The molecule has 1 N–H and O–H groups in total. The minimum absolute atomic E-state index is 0.0328. The Kier molecular flexibility index (Phi) is 3.85. The summed E-state index contributed by atoms with van der Waals surface area (Å²) in [5, 5.41) is 9.28. The minimum atomic E-state index is -0.0328. The average Bonchev–Trinajstić information content (AvgIpc) is 2.13. The highest BCUT2D eigenvalue weighted by Gasteiger charge is 2.27. The summed E-state index contributed by atoms with van der Waals surface area (Å²) in [5.74, 6) is 0.695. The molecule has 0 saturated heterocycles. The molecule has 17 heavy (non-hydrogen) atoms. The number of nitrogens with zero attached hydrogens (tertiary/aromatic N) is 1. The number of hydrogen-bond donors (Lipinski definition) is 1. The van der Waals surface area contributed by atoms with E-state index in [4.69, 9.17) is 0 Å². The Morgan fingerprint density at radius 3 is 2.29 bits per heavy atom. The van der Waals surface area contributed by atoms with Crippen molar-refractivity contribution in [1.29, 1.82) is 0 Å². The largest absolute Gasteiger partial charge is 0.393 e. The molecule has 0 aromatic heterocycles. The number of aryl methyl sites for hydroxylation is 2. The van der Waals surface area contributed by atoms with Gasteiger partial charge in [-0.2, -0.15) is 0 Å². The Hall–Kier alpha value is -0.860. The lowest BCUT2D eigenvalue weighted by Gasteiger charge is -2.34. The molecular weight excluding hydrogens is 210 g/mol. The van der Waals surface area contributed by atoms with Crippen molar-refractivity contribution in [3.63, 3.8) is 0 Å². The fourth-order valence-corrected chi connectivity index (χ4v) is 2.83. The maximum atomic E-state index is 9.28. The van der Waals surface area contributed by atoms with Gasteiger partial charge in [0, 0.05) is 13.1 Å². The Labute approximate surface area is 104 Å². The van der Waals surface area contributed by atoms with E-state index in [1.807, 2.05) is 0 Å². The van der Waals surface area contributed by atoms with E-state index in [9.17, 15) is 5.11 Å². The number of rotatable bonds is 4. The quantitative estimate of drug-likeness (QED) is 0.863. The molecule has 1 aliphatic rings. The molecule has 0 spiro atoms. The third-order valence-electron chi connectivity index (χ3n) is 3.51. The van der Waals surface area contributed by atoms with E-state index in [1.165, 1.54) is 16.7 Å². The van der Waals surface area contributed by atoms with Crippen LogP contribution in [0.15, 0.2) is 18.2 Å². The van der Waals surface area contributed by atoms with Gasteiger partial charge in [-0.15, -0.1) is 0 Å². The van der Waals surface area contributed by atoms with Crippen LogP contribution in [0.1, 0.15) is 29.5 Å². The molecule has 94 valence electrons. The lowest BCUT2D eigenvalue weighted by Crippen LogP contribution is -2.36. The number of aliphatic hydroxyl groups excluding tert-OH is 1. The van der Waals surface area contributed by atoms with Gasteiger partial charge in [-0.25, -0.2) is 0 Å². The summed E-state index contributed by atoms with van der Waals surface area (Å²) in [4.78, 5) is 2.37. The summed E-state index contributed by atoms with van der Waals surface area (Å²) in [6.45, 7) is 6.41. The standard InChI is InChI=1S/C15H23NO/c1-11-4-12(2)6-13(5-11)9-16(3)10-14-7-15(17)8-14/h4-6,14-15,17H,7-10H2,1-3H3. The maximum absolute atomic E-state index is 9.28. The van der Waals surface area contributed by atoms with Crippen molar-refractivity contribution in [2.24, 2.45) is 5.92 Å². The normalized spacial score (nSPS) is 23.8. The van der Waals surface area contributed by atoms with E-state index >= 15 is 0 Å². The molecule has 1 aromatic rings. The first-order valence-electron chi connectivity index (χ1n) is 6.46. The summed E-state index contributed by atoms with van der Waals surface area (Å²) >= 11 is 0. The molecule has 1 saturated carbocycles. The van der Waals surface area contributed by atoms with Crippen molar-refractivity contribution in [3.8, 4) is 0 Å². The zero-order valence-corrected chi connectivity index (χ0v) is 11.1. The molecule has 0 atom stereocenters. The Balaban J connectivity index is 1.86. The van der Waals surface area contributed by atoms with E-state index in [0.29, 0.717) is 5.92 Å². The lowest BCUT2D eigenvalue weighted by atomic mass is 9.82. The number of aliphatic hydroxyl groups is 1.